The third-order valence-electron chi connectivity index (χ3n) is 3.85. The number of benzene rings is 1. The molecule has 0 aliphatic rings. The van der Waals surface area contributed by atoms with Gasteiger partial charge in [-0.25, -0.2) is 0 Å². The van der Waals surface area contributed by atoms with Crippen molar-refractivity contribution in [1.29, 1.82) is 0 Å². The summed E-state index contributed by atoms with van der Waals surface area (Å²) in [7, 11) is 0. The molecule has 0 aliphatic heterocycles. The highest BCUT2D eigenvalue weighted by atomic mass is 35.5. The molecule has 114 valence electrons. The van der Waals surface area contributed by atoms with E-state index in [0.717, 1.165) is 24.4 Å². The van der Waals surface area contributed by atoms with Crippen molar-refractivity contribution in [3.8, 4) is 0 Å². The first-order chi connectivity index (χ1) is 10.0. The van der Waals surface area contributed by atoms with E-state index >= 15 is 0 Å². The first-order valence-corrected chi connectivity index (χ1v) is 8.81. The predicted octanol–water partition coefficient (Wildman–Crippen LogP) is 5.61. The number of aryl methyl sites for hydroxylation is 3. The number of hydrogen-bond acceptors (Lipinski definition) is 2. The van der Waals surface area contributed by atoms with E-state index in [9.17, 15) is 0 Å². The highest BCUT2D eigenvalue weighted by molar-refractivity contribution is 7.10. The van der Waals surface area contributed by atoms with Crippen LogP contribution in [0.2, 0.25) is 5.02 Å². The molecule has 2 rings (SSSR count). The SMILES string of the molecule is CCCNC(Cc1c(C)cc(C)cc1C)c1sccc1Cl. The molecule has 0 bridgehead atoms. The van der Waals surface area contributed by atoms with Crippen LogP contribution in [0.3, 0.4) is 0 Å². The molecule has 0 saturated carbocycles. The zero-order valence-corrected chi connectivity index (χ0v) is 14.9. The minimum absolute atomic E-state index is 0.303. The Morgan fingerprint density at radius 1 is 1.19 bits per heavy atom. The molecule has 1 unspecified atom stereocenters. The maximum Gasteiger partial charge on any atom is 0.0561 e. The maximum atomic E-state index is 6.35. The second-order valence-corrected chi connectivity index (χ2v) is 7.08. The van der Waals surface area contributed by atoms with Crippen molar-refractivity contribution in [2.75, 3.05) is 6.54 Å². The van der Waals surface area contributed by atoms with Gasteiger partial charge in [-0.1, -0.05) is 36.2 Å². The van der Waals surface area contributed by atoms with E-state index in [1.807, 2.05) is 6.07 Å². The summed E-state index contributed by atoms with van der Waals surface area (Å²) in [5.74, 6) is 0. The third kappa shape index (κ3) is 4.09. The van der Waals surface area contributed by atoms with Crippen LogP contribution in [-0.2, 0) is 6.42 Å². The fourth-order valence-corrected chi connectivity index (χ4v) is 4.13. The number of rotatable bonds is 6. The average molecular weight is 322 g/mol. The molecule has 0 spiro atoms. The Kier molecular flexibility index (Phi) is 5.86. The van der Waals surface area contributed by atoms with Crippen molar-refractivity contribution < 1.29 is 0 Å². The van der Waals surface area contributed by atoms with Crippen LogP contribution in [0.25, 0.3) is 0 Å². The topological polar surface area (TPSA) is 12.0 Å². The number of thiophene rings is 1. The first-order valence-electron chi connectivity index (χ1n) is 7.56. The molecule has 0 amide bonds. The van der Waals surface area contributed by atoms with Gasteiger partial charge in [-0.3, -0.25) is 0 Å². The molecular weight excluding hydrogens is 298 g/mol. The van der Waals surface area contributed by atoms with Crippen molar-refractivity contribution in [2.45, 2.75) is 46.6 Å². The van der Waals surface area contributed by atoms with Crippen LogP contribution in [0.1, 0.15) is 46.5 Å². The lowest BCUT2D eigenvalue weighted by atomic mass is 9.94. The summed E-state index contributed by atoms with van der Waals surface area (Å²) in [6, 6.07) is 6.85. The summed E-state index contributed by atoms with van der Waals surface area (Å²) in [6.45, 7) is 9.79. The van der Waals surface area contributed by atoms with Crippen LogP contribution in [0.15, 0.2) is 23.6 Å². The highest BCUT2D eigenvalue weighted by Gasteiger charge is 2.18. The van der Waals surface area contributed by atoms with Gasteiger partial charge in [0.05, 0.1) is 5.02 Å². The Morgan fingerprint density at radius 3 is 2.38 bits per heavy atom. The van der Waals surface area contributed by atoms with Gasteiger partial charge in [0.2, 0.25) is 0 Å². The molecule has 1 aromatic carbocycles. The van der Waals surface area contributed by atoms with Crippen LogP contribution < -0.4 is 5.32 Å². The summed E-state index contributed by atoms with van der Waals surface area (Å²) < 4.78 is 0. The average Bonchev–Trinajstić information content (AvgIpc) is 2.83. The summed E-state index contributed by atoms with van der Waals surface area (Å²) >= 11 is 8.10. The fraction of sp³-hybridized carbons (Fsp3) is 0.444. The largest absolute Gasteiger partial charge is 0.309 e. The Balaban J connectivity index is 2.29. The Bertz CT molecular complexity index is 580. The first kappa shape index (κ1) is 16.5. The van der Waals surface area contributed by atoms with Crippen LogP contribution in [0.5, 0.6) is 0 Å². The van der Waals surface area contributed by atoms with Gasteiger partial charge in [-0.2, -0.15) is 0 Å². The Labute approximate surface area is 137 Å². The fourth-order valence-electron chi connectivity index (χ4n) is 2.87. The minimum atomic E-state index is 0.303. The molecule has 0 radical (unpaired) electrons. The normalized spacial score (nSPS) is 12.6. The molecule has 1 heterocycles. The minimum Gasteiger partial charge on any atom is -0.309 e. The second kappa shape index (κ2) is 7.44. The molecular formula is C18H24ClNS. The van der Waals surface area contributed by atoms with Crippen molar-refractivity contribution >= 4 is 22.9 Å². The van der Waals surface area contributed by atoms with E-state index in [1.54, 1.807) is 11.3 Å². The lowest BCUT2D eigenvalue weighted by molar-refractivity contribution is 0.535. The van der Waals surface area contributed by atoms with E-state index in [1.165, 1.54) is 27.1 Å². The molecule has 1 nitrogen and oxygen atoms in total. The standard InChI is InChI=1S/C18H24ClNS/c1-5-7-20-17(18-16(19)6-8-21-18)11-15-13(3)9-12(2)10-14(15)4/h6,8-10,17,20H,5,7,11H2,1-4H3. The van der Waals surface area contributed by atoms with Crippen molar-refractivity contribution in [1.82, 2.24) is 5.32 Å². The van der Waals surface area contributed by atoms with Crippen molar-refractivity contribution in [3.63, 3.8) is 0 Å². The van der Waals surface area contributed by atoms with E-state index in [-0.39, 0.29) is 0 Å². The quantitative estimate of drug-likeness (QED) is 0.729. The van der Waals surface area contributed by atoms with E-state index < -0.39 is 0 Å². The number of hydrogen-bond donors (Lipinski definition) is 1. The molecule has 1 N–H and O–H groups in total. The predicted molar refractivity (Wildman–Crippen MR) is 94.7 cm³/mol. The van der Waals surface area contributed by atoms with Gasteiger partial charge in [0.25, 0.3) is 0 Å². The zero-order chi connectivity index (χ0) is 15.4. The van der Waals surface area contributed by atoms with Crippen LogP contribution in [-0.4, -0.2) is 6.54 Å². The van der Waals surface area contributed by atoms with Gasteiger partial charge < -0.3 is 5.32 Å². The smallest absolute Gasteiger partial charge is 0.0561 e. The van der Waals surface area contributed by atoms with E-state index in [4.69, 9.17) is 11.6 Å². The van der Waals surface area contributed by atoms with Gasteiger partial charge in [-0.15, -0.1) is 11.3 Å². The molecule has 3 heteroatoms. The van der Waals surface area contributed by atoms with Crippen molar-refractivity contribution in [3.05, 3.63) is 55.7 Å². The molecule has 0 fully saturated rings. The van der Waals surface area contributed by atoms with Gasteiger partial charge in [-0.05, 0) is 68.3 Å². The van der Waals surface area contributed by atoms with Gasteiger partial charge in [0.15, 0.2) is 0 Å². The molecule has 0 aliphatic carbocycles. The van der Waals surface area contributed by atoms with E-state index in [0.29, 0.717) is 6.04 Å². The van der Waals surface area contributed by atoms with Crippen LogP contribution in [0.4, 0.5) is 0 Å². The third-order valence-corrected chi connectivity index (χ3v) is 5.32. The number of nitrogens with one attached hydrogen (secondary N) is 1. The number of halogens is 1. The lowest BCUT2D eigenvalue weighted by Crippen LogP contribution is -2.24. The van der Waals surface area contributed by atoms with Gasteiger partial charge >= 0.3 is 0 Å². The molecule has 21 heavy (non-hydrogen) atoms. The highest BCUT2D eigenvalue weighted by Crippen LogP contribution is 2.32. The van der Waals surface area contributed by atoms with Gasteiger partial charge in [0.1, 0.15) is 0 Å². The second-order valence-electron chi connectivity index (χ2n) is 5.72. The van der Waals surface area contributed by atoms with Crippen LogP contribution in [0, 0.1) is 20.8 Å². The molecule has 1 atom stereocenters. The summed E-state index contributed by atoms with van der Waals surface area (Å²) in [4.78, 5) is 1.25. The summed E-state index contributed by atoms with van der Waals surface area (Å²) in [5.41, 5.74) is 5.53. The van der Waals surface area contributed by atoms with E-state index in [2.05, 4.69) is 50.5 Å². The summed E-state index contributed by atoms with van der Waals surface area (Å²) in [6.07, 6.45) is 2.13. The zero-order valence-electron chi connectivity index (χ0n) is 13.3. The lowest BCUT2D eigenvalue weighted by Gasteiger charge is -2.21. The maximum absolute atomic E-state index is 6.35. The van der Waals surface area contributed by atoms with Gasteiger partial charge in [0, 0.05) is 10.9 Å². The monoisotopic (exact) mass is 321 g/mol. The van der Waals surface area contributed by atoms with Crippen LogP contribution >= 0.6 is 22.9 Å². The van der Waals surface area contributed by atoms with Crippen molar-refractivity contribution in [2.24, 2.45) is 0 Å². The Hall–Kier alpha value is -0.830. The molecule has 0 saturated heterocycles. The summed E-state index contributed by atoms with van der Waals surface area (Å²) in [5, 5.41) is 6.62. The molecule has 1 aromatic heterocycles. The Morgan fingerprint density at radius 2 is 1.86 bits per heavy atom. The molecule has 2 aromatic rings.